The number of rotatable bonds is 3. The molecular formula is C12H8BrCl2NO2S. The third-order valence-corrected chi connectivity index (χ3v) is 4.82. The third kappa shape index (κ3) is 3.63. The van der Waals surface area contributed by atoms with Crippen LogP contribution in [0.15, 0.2) is 51.8 Å². The molecule has 0 saturated carbocycles. The Morgan fingerprint density at radius 1 is 0.947 bits per heavy atom. The molecule has 0 saturated heterocycles. The second-order valence-electron chi connectivity index (χ2n) is 3.68. The van der Waals surface area contributed by atoms with Gasteiger partial charge in [-0.05, 0) is 58.4 Å². The van der Waals surface area contributed by atoms with Gasteiger partial charge in [0.1, 0.15) is 0 Å². The molecule has 0 unspecified atom stereocenters. The van der Waals surface area contributed by atoms with Gasteiger partial charge in [0.25, 0.3) is 10.0 Å². The summed E-state index contributed by atoms with van der Waals surface area (Å²) in [5, 5.41) is 0.993. The molecule has 0 bridgehead atoms. The van der Waals surface area contributed by atoms with Crippen LogP contribution in [0.1, 0.15) is 0 Å². The lowest BCUT2D eigenvalue weighted by molar-refractivity contribution is 0.601. The molecule has 0 fully saturated rings. The number of hydrogen-bond acceptors (Lipinski definition) is 2. The summed E-state index contributed by atoms with van der Waals surface area (Å²) in [7, 11) is -3.65. The molecule has 1 N–H and O–H groups in total. The summed E-state index contributed by atoms with van der Waals surface area (Å²) >= 11 is 14.8. The Bertz CT molecular complexity index is 702. The fraction of sp³-hybridized carbons (Fsp3) is 0. The molecule has 2 aromatic carbocycles. The largest absolute Gasteiger partial charge is 0.278 e. The van der Waals surface area contributed by atoms with Gasteiger partial charge in [0, 0.05) is 14.5 Å². The van der Waals surface area contributed by atoms with E-state index in [0.717, 1.165) is 0 Å². The van der Waals surface area contributed by atoms with Gasteiger partial charge in [-0.15, -0.1) is 0 Å². The highest BCUT2D eigenvalue weighted by Crippen LogP contribution is 2.28. The van der Waals surface area contributed by atoms with Crippen molar-refractivity contribution in [3.05, 3.63) is 57.0 Å². The maximum Gasteiger partial charge on any atom is 0.261 e. The lowest BCUT2D eigenvalue weighted by Crippen LogP contribution is -2.13. The standard InChI is InChI=1S/C12H8BrCl2NO2S/c13-11-7-9(15)3-6-12(11)16-19(17,18)10-4-1-8(14)2-5-10/h1-7,16H. The Balaban J connectivity index is 2.33. The lowest BCUT2D eigenvalue weighted by atomic mass is 10.3. The summed E-state index contributed by atoms with van der Waals surface area (Å²) < 4.78 is 27.3. The van der Waals surface area contributed by atoms with Crippen LogP contribution < -0.4 is 4.72 Å². The predicted octanol–water partition coefficient (Wildman–Crippen LogP) is 4.56. The van der Waals surface area contributed by atoms with E-state index in [9.17, 15) is 8.42 Å². The second-order valence-corrected chi connectivity index (χ2v) is 7.09. The van der Waals surface area contributed by atoms with Crippen molar-refractivity contribution >= 4 is 54.8 Å². The van der Waals surface area contributed by atoms with Crippen molar-refractivity contribution in [1.82, 2.24) is 0 Å². The monoisotopic (exact) mass is 379 g/mol. The van der Waals surface area contributed by atoms with Gasteiger partial charge in [-0.3, -0.25) is 4.72 Å². The molecule has 0 aromatic heterocycles. The first kappa shape index (κ1) is 14.7. The van der Waals surface area contributed by atoms with Crippen LogP contribution in [0.2, 0.25) is 10.0 Å². The van der Waals surface area contributed by atoms with Crippen LogP contribution in [0, 0.1) is 0 Å². The molecule has 0 radical (unpaired) electrons. The average molecular weight is 381 g/mol. The van der Waals surface area contributed by atoms with Gasteiger partial charge < -0.3 is 0 Å². The number of hydrogen-bond donors (Lipinski definition) is 1. The minimum Gasteiger partial charge on any atom is -0.278 e. The van der Waals surface area contributed by atoms with Gasteiger partial charge in [-0.2, -0.15) is 0 Å². The van der Waals surface area contributed by atoms with Crippen molar-refractivity contribution in [3.63, 3.8) is 0 Å². The fourth-order valence-electron chi connectivity index (χ4n) is 1.39. The fourth-order valence-corrected chi connectivity index (χ4v) is 3.51. The average Bonchev–Trinajstić information content (AvgIpc) is 2.33. The maximum absolute atomic E-state index is 12.1. The van der Waals surface area contributed by atoms with Crippen LogP contribution >= 0.6 is 39.1 Å². The molecule has 0 heterocycles. The summed E-state index contributed by atoms with van der Waals surface area (Å²) in [4.78, 5) is 0.138. The van der Waals surface area contributed by atoms with Gasteiger partial charge >= 0.3 is 0 Å². The van der Waals surface area contributed by atoms with Gasteiger partial charge in [0.15, 0.2) is 0 Å². The molecule has 0 aliphatic rings. The number of halogens is 3. The number of sulfonamides is 1. The first-order valence-corrected chi connectivity index (χ1v) is 8.15. The summed E-state index contributed by atoms with van der Waals surface area (Å²) in [5.74, 6) is 0. The van der Waals surface area contributed by atoms with E-state index in [0.29, 0.717) is 20.2 Å². The molecule has 7 heteroatoms. The molecule has 3 nitrogen and oxygen atoms in total. The quantitative estimate of drug-likeness (QED) is 0.848. The zero-order valence-electron chi connectivity index (χ0n) is 9.40. The van der Waals surface area contributed by atoms with Crippen molar-refractivity contribution in [2.45, 2.75) is 4.90 Å². The molecule has 2 aromatic rings. The zero-order valence-corrected chi connectivity index (χ0v) is 13.3. The molecule has 0 atom stereocenters. The molecule has 0 amide bonds. The Kier molecular flexibility index (Phi) is 4.40. The van der Waals surface area contributed by atoms with E-state index in [1.807, 2.05) is 0 Å². The molecule has 2 rings (SSSR count). The van der Waals surface area contributed by atoms with E-state index >= 15 is 0 Å². The summed E-state index contributed by atoms with van der Waals surface area (Å²) in [5.41, 5.74) is 0.416. The van der Waals surface area contributed by atoms with Crippen LogP contribution in [0.5, 0.6) is 0 Å². The van der Waals surface area contributed by atoms with Crippen molar-refractivity contribution in [1.29, 1.82) is 0 Å². The van der Waals surface area contributed by atoms with E-state index in [1.165, 1.54) is 24.3 Å². The maximum atomic E-state index is 12.1. The molecule has 0 aliphatic carbocycles. The molecule has 100 valence electrons. The minimum absolute atomic E-state index is 0.138. The van der Waals surface area contributed by atoms with Crippen molar-refractivity contribution in [3.8, 4) is 0 Å². The third-order valence-electron chi connectivity index (χ3n) is 2.30. The minimum atomic E-state index is -3.65. The highest BCUT2D eigenvalue weighted by molar-refractivity contribution is 9.10. The Morgan fingerprint density at radius 3 is 2.11 bits per heavy atom. The highest BCUT2D eigenvalue weighted by atomic mass is 79.9. The predicted molar refractivity (Wildman–Crippen MR) is 81.4 cm³/mol. The Morgan fingerprint density at radius 2 is 1.53 bits per heavy atom. The summed E-state index contributed by atoms with van der Waals surface area (Å²) in [6, 6.07) is 10.7. The van der Waals surface area contributed by atoms with Crippen LogP contribution in [0.4, 0.5) is 5.69 Å². The van der Waals surface area contributed by atoms with Gasteiger partial charge in [0.05, 0.1) is 10.6 Å². The van der Waals surface area contributed by atoms with Crippen LogP contribution in [0.25, 0.3) is 0 Å². The van der Waals surface area contributed by atoms with Gasteiger partial charge in [-0.25, -0.2) is 8.42 Å². The van der Waals surface area contributed by atoms with E-state index in [4.69, 9.17) is 23.2 Å². The smallest absolute Gasteiger partial charge is 0.261 e. The Labute approximate surface area is 129 Å². The zero-order chi connectivity index (χ0) is 14.0. The van der Waals surface area contributed by atoms with Gasteiger partial charge in [0.2, 0.25) is 0 Å². The lowest BCUT2D eigenvalue weighted by Gasteiger charge is -2.10. The van der Waals surface area contributed by atoms with Crippen molar-refractivity contribution in [2.75, 3.05) is 4.72 Å². The normalized spacial score (nSPS) is 11.3. The summed E-state index contributed by atoms with van der Waals surface area (Å²) in [6.45, 7) is 0. The molecule has 0 aliphatic heterocycles. The number of benzene rings is 2. The van der Waals surface area contributed by atoms with Crippen LogP contribution in [-0.2, 0) is 10.0 Å². The SMILES string of the molecule is O=S(=O)(Nc1ccc(Cl)cc1Br)c1ccc(Cl)cc1. The highest BCUT2D eigenvalue weighted by Gasteiger charge is 2.15. The molecule has 19 heavy (non-hydrogen) atoms. The van der Waals surface area contributed by atoms with E-state index in [-0.39, 0.29) is 4.90 Å². The second kappa shape index (κ2) is 5.71. The van der Waals surface area contributed by atoms with Crippen LogP contribution in [0.3, 0.4) is 0 Å². The first-order chi connectivity index (χ1) is 8.88. The number of anilines is 1. The van der Waals surface area contributed by atoms with E-state index in [1.54, 1.807) is 18.2 Å². The van der Waals surface area contributed by atoms with Crippen molar-refractivity contribution < 1.29 is 8.42 Å². The topological polar surface area (TPSA) is 46.2 Å². The summed E-state index contributed by atoms with van der Waals surface area (Å²) in [6.07, 6.45) is 0. The Hall–Kier alpha value is -0.750. The van der Waals surface area contributed by atoms with Gasteiger partial charge in [-0.1, -0.05) is 23.2 Å². The van der Waals surface area contributed by atoms with Crippen LogP contribution in [-0.4, -0.2) is 8.42 Å². The number of nitrogens with one attached hydrogen (secondary N) is 1. The molecular weight excluding hydrogens is 373 g/mol. The van der Waals surface area contributed by atoms with E-state index in [2.05, 4.69) is 20.7 Å². The molecule has 0 spiro atoms. The first-order valence-electron chi connectivity index (χ1n) is 5.12. The van der Waals surface area contributed by atoms with Crippen molar-refractivity contribution in [2.24, 2.45) is 0 Å². The van der Waals surface area contributed by atoms with E-state index < -0.39 is 10.0 Å².